The Hall–Kier alpha value is 0.577. The summed E-state index contributed by atoms with van der Waals surface area (Å²) >= 11 is -0.979. The van der Waals surface area contributed by atoms with Crippen LogP contribution in [0, 0.1) is 0 Å². The zero-order valence-corrected chi connectivity index (χ0v) is 20.1. The van der Waals surface area contributed by atoms with E-state index in [2.05, 4.69) is 31.2 Å². The van der Waals surface area contributed by atoms with Gasteiger partial charge in [-0.05, 0) is 0 Å². The van der Waals surface area contributed by atoms with Gasteiger partial charge in [0.2, 0.25) is 0 Å². The summed E-state index contributed by atoms with van der Waals surface area (Å²) in [7, 11) is 0. The number of hydrogen-bond acceptors (Lipinski definition) is 2. The summed E-state index contributed by atoms with van der Waals surface area (Å²) in [5, 5.41) is 0. The third-order valence-electron chi connectivity index (χ3n) is 2.60. The molecule has 1 aromatic carbocycles. The summed E-state index contributed by atoms with van der Waals surface area (Å²) in [6.45, 7) is 2.25. The molecule has 90 valence electrons. The first-order chi connectivity index (χ1) is 7.88. The molecule has 0 spiro atoms. The normalized spacial score (nSPS) is 11.3. The number of rotatable bonds is 8. The predicted molar refractivity (Wildman–Crippen MR) is 74.5 cm³/mol. The van der Waals surface area contributed by atoms with Gasteiger partial charge in [-0.15, -0.1) is 0 Å². The zero-order valence-electron chi connectivity index (χ0n) is 10.4. The quantitative estimate of drug-likeness (QED) is 0.455. The van der Waals surface area contributed by atoms with Crippen LogP contribution in [0.4, 0.5) is 0 Å². The van der Waals surface area contributed by atoms with E-state index in [-0.39, 0.29) is 0 Å². The van der Waals surface area contributed by atoms with Gasteiger partial charge in [0.25, 0.3) is 0 Å². The van der Waals surface area contributed by atoms with Crippen LogP contribution in [-0.2, 0) is 7.83 Å². The minimum absolute atomic E-state index is 0.351. The molecular weight excluding hydrogens is 414 g/mol. The van der Waals surface area contributed by atoms with Crippen LogP contribution in [-0.4, -0.2) is 44.9 Å². The van der Waals surface area contributed by atoms with E-state index in [1.54, 1.807) is 0 Å². The summed E-state index contributed by atoms with van der Waals surface area (Å²) in [6.07, 6.45) is 6.39. The van der Waals surface area contributed by atoms with Crippen molar-refractivity contribution in [1.29, 1.82) is 0 Å². The van der Waals surface area contributed by atoms with E-state index in [1.807, 2.05) is 0 Å². The summed E-state index contributed by atoms with van der Waals surface area (Å²) in [6, 6.07) is 8.42. The van der Waals surface area contributed by atoms with Gasteiger partial charge in [0.1, 0.15) is 0 Å². The van der Waals surface area contributed by atoms with Crippen LogP contribution in [0.25, 0.3) is 0 Å². The standard InChI is InChI=1S/C12H18O.O.2Sn.5H/c1-2-3-4-5-8-11-9-6-7-10-12(11)13;;;;;;;;/h6-7,9-10,13H,2-5,8H2,1H3;;;;;;;;/q;;;+1;;;;;/p-1. The Labute approximate surface area is 123 Å². The van der Waals surface area contributed by atoms with Crippen molar-refractivity contribution in [1.82, 2.24) is 0 Å². The minimum atomic E-state index is -1.33. The molecule has 0 saturated carbocycles. The van der Waals surface area contributed by atoms with Gasteiger partial charge in [-0.25, -0.2) is 0 Å². The SMILES string of the molecule is CCCCCCc1ccccc1[O][SnH2][O][SnH3]. The van der Waals surface area contributed by atoms with Crippen LogP contribution in [0.15, 0.2) is 24.3 Å². The molecule has 2 nitrogen and oxygen atoms in total. The Kier molecular flexibility index (Phi) is 8.77. The molecule has 0 fully saturated rings. The molecule has 0 heterocycles. The molecule has 0 aromatic heterocycles. The average molecular weight is 436 g/mol. The van der Waals surface area contributed by atoms with E-state index < -0.39 is 22.0 Å². The Morgan fingerprint density at radius 1 is 1.19 bits per heavy atom. The summed E-state index contributed by atoms with van der Waals surface area (Å²) in [4.78, 5) is 0. The number of aryl methyl sites for hydroxylation is 1. The Bertz CT molecular complexity index is 292. The molecule has 0 N–H and O–H groups in total. The maximum atomic E-state index is 5.78. The molecule has 0 bridgehead atoms. The number of benzene rings is 1. The monoisotopic (exact) mass is 438 g/mol. The molecule has 0 amide bonds. The fraction of sp³-hybridized carbons (Fsp3) is 0.500. The van der Waals surface area contributed by atoms with E-state index in [0.717, 1.165) is 12.2 Å². The van der Waals surface area contributed by atoms with Gasteiger partial charge in [0, 0.05) is 0 Å². The molecule has 0 aliphatic heterocycles. The maximum absolute atomic E-state index is 5.78. The molecule has 1 rings (SSSR count). The Morgan fingerprint density at radius 3 is 2.75 bits per heavy atom. The topological polar surface area (TPSA) is 18.5 Å². The molecule has 4 heteroatoms. The predicted octanol–water partition coefficient (Wildman–Crippen LogP) is 1.48. The van der Waals surface area contributed by atoms with Crippen LogP contribution in [0.1, 0.15) is 38.2 Å². The Balaban J connectivity index is 2.43. The van der Waals surface area contributed by atoms with E-state index >= 15 is 0 Å². The first kappa shape index (κ1) is 14.6. The second-order valence-corrected chi connectivity index (χ2v) is 18.2. The number of unbranched alkanes of at least 4 members (excludes halogenated alkanes) is 3. The molecule has 16 heavy (non-hydrogen) atoms. The van der Waals surface area contributed by atoms with Crippen LogP contribution >= 0.6 is 0 Å². The van der Waals surface area contributed by atoms with Crippen LogP contribution in [0.3, 0.4) is 0 Å². The second kappa shape index (κ2) is 9.59. The molecule has 0 aliphatic carbocycles. The van der Waals surface area contributed by atoms with Crippen molar-refractivity contribution in [2.24, 2.45) is 0 Å². The first-order valence-electron chi connectivity index (χ1n) is 6.08. The summed E-state index contributed by atoms with van der Waals surface area (Å²) in [5.41, 5.74) is 1.36. The molecule has 1 aromatic rings. The van der Waals surface area contributed by atoms with Crippen LogP contribution < -0.4 is 3.07 Å². The molecule has 0 radical (unpaired) electrons. The fourth-order valence-electron chi connectivity index (χ4n) is 1.72. The molecule has 0 unspecified atom stereocenters. The van der Waals surface area contributed by atoms with Crippen LogP contribution in [0.5, 0.6) is 5.75 Å². The van der Waals surface area contributed by atoms with Crippen molar-refractivity contribution in [2.45, 2.75) is 39.0 Å². The van der Waals surface area contributed by atoms with Crippen molar-refractivity contribution >= 4 is 44.9 Å². The zero-order chi connectivity index (χ0) is 11.6. The summed E-state index contributed by atoms with van der Waals surface area (Å²) < 4.78 is 11.1. The second-order valence-electron chi connectivity index (χ2n) is 3.97. The van der Waals surface area contributed by atoms with Gasteiger partial charge in [-0.1, -0.05) is 0 Å². The van der Waals surface area contributed by atoms with E-state index in [9.17, 15) is 0 Å². The third kappa shape index (κ3) is 5.77. The molecule has 0 aliphatic rings. The molecule has 0 atom stereocenters. The Morgan fingerprint density at radius 2 is 2.00 bits per heavy atom. The van der Waals surface area contributed by atoms with E-state index in [0.29, 0.717) is 22.9 Å². The third-order valence-corrected chi connectivity index (χ3v) is 9.01. The first-order valence-corrected chi connectivity index (χ1v) is 11.7. The number of para-hydroxylation sites is 1. The van der Waals surface area contributed by atoms with E-state index in [1.165, 1.54) is 31.2 Å². The van der Waals surface area contributed by atoms with Gasteiger partial charge >= 0.3 is 124 Å². The van der Waals surface area contributed by atoms with Crippen molar-refractivity contribution < 1.29 is 4.49 Å². The van der Waals surface area contributed by atoms with Crippen LogP contribution in [0.2, 0.25) is 0 Å². The van der Waals surface area contributed by atoms with Gasteiger partial charge in [0.05, 0.1) is 0 Å². The van der Waals surface area contributed by atoms with Gasteiger partial charge in [-0.2, -0.15) is 0 Å². The molecular formula is C12H22O2Sn2. The van der Waals surface area contributed by atoms with Crippen molar-refractivity contribution in [3.05, 3.63) is 29.8 Å². The summed E-state index contributed by atoms with van der Waals surface area (Å²) in [5.74, 6) is 1.09. The van der Waals surface area contributed by atoms with Crippen molar-refractivity contribution in [3.63, 3.8) is 0 Å². The van der Waals surface area contributed by atoms with E-state index in [4.69, 9.17) is 4.49 Å². The van der Waals surface area contributed by atoms with Gasteiger partial charge in [0.15, 0.2) is 0 Å². The molecule has 0 saturated heterocycles. The van der Waals surface area contributed by atoms with Crippen molar-refractivity contribution in [3.8, 4) is 5.75 Å². The van der Waals surface area contributed by atoms with Crippen molar-refractivity contribution in [2.75, 3.05) is 0 Å². The fourth-order valence-corrected chi connectivity index (χ4v) is 5.47. The van der Waals surface area contributed by atoms with Gasteiger partial charge in [-0.3, -0.25) is 0 Å². The average Bonchev–Trinajstić information content (AvgIpc) is 2.33. The number of hydrogen-bond donors (Lipinski definition) is 0. The van der Waals surface area contributed by atoms with Gasteiger partial charge < -0.3 is 0 Å².